The van der Waals surface area contributed by atoms with Crippen LogP contribution in [0.4, 0.5) is 17.3 Å². The van der Waals surface area contributed by atoms with Crippen LogP contribution in [0.5, 0.6) is 0 Å². The number of nitrogens with zero attached hydrogens (tertiary/aromatic N) is 1. The predicted octanol–water partition coefficient (Wildman–Crippen LogP) is 2.86. The molecule has 104 valence electrons. The number of anilines is 3. The Kier molecular flexibility index (Phi) is 4.26. The summed E-state index contributed by atoms with van der Waals surface area (Å²) >= 11 is 11.7. The molecule has 4 N–H and O–H groups in total. The Morgan fingerprint density at radius 1 is 1.35 bits per heavy atom. The first-order valence-electron chi connectivity index (χ1n) is 5.59. The molecule has 6 nitrogen and oxygen atoms in total. The number of aromatic nitrogens is 2. The molecule has 0 spiro atoms. The minimum absolute atomic E-state index is 0.214. The molecular weight excluding hydrogens is 301 g/mol. The van der Waals surface area contributed by atoms with Crippen molar-refractivity contribution >= 4 is 46.7 Å². The van der Waals surface area contributed by atoms with Crippen molar-refractivity contribution in [2.45, 2.75) is 0 Å². The highest BCUT2D eigenvalue weighted by molar-refractivity contribution is 6.42. The molecule has 0 saturated heterocycles. The van der Waals surface area contributed by atoms with E-state index < -0.39 is 0 Å². The van der Waals surface area contributed by atoms with Gasteiger partial charge < -0.3 is 16.0 Å². The highest BCUT2D eigenvalue weighted by Gasteiger charge is 2.08. The van der Waals surface area contributed by atoms with Crippen molar-refractivity contribution in [1.29, 1.82) is 5.41 Å². The van der Waals surface area contributed by atoms with Gasteiger partial charge in [0.25, 0.3) is 5.56 Å². The van der Waals surface area contributed by atoms with Crippen LogP contribution in [-0.4, -0.2) is 23.2 Å². The van der Waals surface area contributed by atoms with Gasteiger partial charge in [0.1, 0.15) is 11.4 Å². The molecule has 0 bridgehead atoms. The Morgan fingerprint density at radius 2 is 2.10 bits per heavy atom. The second-order valence-corrected chi connectivity index (χ2v) is 4.64. The molecule has 0 amide bonds. The lowest BCUT2D eigenvalue weighted by atomic mass is 10.3. The van der Waals surface area contributed by atoms with E-state index in [1.807, 2.05) is 0 Å². The minimum atomic E-state index is -0.372. The van der Waals surface area contributed by atoms with Crippen LogP contribution in [0.2, 0.25) is 10.0 Å². The van der Waals surface area contributed by atoms with Crippen molar-refractivity contribution < 1.29 is 0 Å². The molecule has 1 heterocycles. The second kappa shape index (κ2) is 5.94. The normalized spacial score (nSPS) is 10.2. The summed E-state index contributed by atoms with van der Waals surface area (Å²) in [6.45, 7) is 0. The van der Waals surface area contributed by atoms with E-state index in [0.29, 0.717) is 15.7 Å². The van der Waals surface area contributed by atoms with Gasteiger partial charge in [-0.25, -0.2) is 4.98 Å². The summed E-state index contributed by atoms with van der Waals surface area (Å²) < 4.78 is 0. The van der Waals surface area contributed by atoms with E-state index in [1.54, 1.807) is 25.2 Å². The first-order chi connectivity index (χ1) is 9.55. The Hall–Kier alpha value is -2.05. The summed E-state index contributed by atoms with van der Waals surface area (Å²) in [5.74, 6) is 0.214. The summed E-state index contributed by atoms with van der Waals surface area (Å²) in [5, 5.41) is 13.7. The number of aromatic amines is 1. The molecule has 2 aromatic rings. The van der Waals surface area contributed by atoms with Crippen LogP contribution in [0.3, 0.4) is 0 Å². The lowest BCUT2D eigenvalue weighted by Crippen LogP contribution is -2.18. The number of hydrogen-bond donors (Lipinski definition) is 4. The Balaban J connectivity index is 2.39. The topological polar surface area (TPSA) is 93.7 Å². The zero-order valence-corrected chi connectivity index (χ0v) is 11.9. The molecule has 0 aliphatic carbocycles. The summed E-state index contributed by atoms with van der Waals surface area (Å²) in [7, 11) is 1.59. The summed E-state index contributed by atoms with van der Waals surface area (Å²) in [4.78, 5) is 18.5. The first kappa shape index (κ1) is 14.4. The third kappa shape index (κ3) is 2.92. The maximum absolute atomic E-state index is 11.8. The Morgan fingerprint density at radius 3 is 2.70 bits per heavy atom. The summed E-state index contributed by atoms with van der Waals surface area (Å²) in [5.41, 5.74) is 0.720. The molecule has 20 heavy (non-hydrogen) atoms. The van der Waals surface area contributed by atoms with Crippen LogP contribution in [0.15, 0.2) is 23.0 Å². The number of benzene rings is 1. The van der Waals surface area contributed by atoms with Crippen molar-refractivity contribution in [2.75, 3.05) is 17.7 Å². The number of halogens is 2. The fourth-order valence-corrected chi connectivity index (χ4v) is 1.90. The van der Waals surface area contributed by atoms with Gasteiger partial charge in [-0.1, -0.05) is 23.2 Å². The molecule has 0 atom stereocenters. The minimum Gasteiger partial charge on any atom is -0.382 e. The van der Waals surface area contributed by atoms with Gasteiger partial charge in [-0.15, -0.1) is 0 Å². The monoisotopic (exact) mass is 311 g/mol. The van der Waals surface area contributed by atoms with Gasteiger partial charge >= 0.3 is 0 Å². The molecule has 1 aromatic carbocycles. The van der Waals surface area contributed by atoms with Crippen molar-refractivity contribution in [3.8, 4) is 0 Å². The zero-order chi connectivity index (χ0) is 14.7. The average molecular weight is 312 g/mol. The number of rotatable bonds is 4. The first-order valence-corrected chi connectivity index (χ1v) is 6.35. The van der Waals surface area contributed by atoms with Crippen molar-refractivity contribution in [1.82, 2.24) is 9.97 Å². The highest BCUT2D eigenvalue weighted by Crippen LogP contribution is 2.26. The molecular formula is C12H11Cl2N5O. The van der Waals surface area contributed by atoms with Crippen LogP contribution < -0.4 is 16.2 Å². The third-order valence-corrected chi connectivity index (χ3v) is 3.26. The van der Waals surface area contributed by atoms with Crippen LogP contribution in [0.25, 0.3) is 0 Å². The van der Waals surface area contributed by atoms with Crippen LogP contribution in [0.1, 0.15) is 5.69 Å². The molecule has 1 aromatic heterocycles. The fraction of sp³-hybridized carbons (Fsp3) is 0.0833. The van der Waals surface area contributed by atoms with E-state index in [4.69, 9.17) is 28.6 Å². The van der Waals surface area contributed by atoms with Crippen LogP contribution >= 0.6 is 23.2 Å². The van der Waals surface area contributed by atoms with Gasteiger partial charge in [0.15, 0.2) is 0 Å². The molecule has 0 aliphatic rings. The number of H-pyrrole nitrogens is 1. The van der Waals surface area contributed by atoms with Gasteiger partial charge in [-0.3, -0.25) is 9.78 Å². The van der Waals surface area contributed by atoms with Gasteiger partial charge in [-0.05, 0) is 18.2 Å². The molecule has 2 rings (SSSR count). The van der Waals surface area contributed by atoms with E-state index in [-0.39, 0.29) is 22.9 Å². The predicted molar refractivity (Wildman–Crippen MR) is 82.0 cm³/mol. The largest absolute Gasteiger partial charge is 0.382 e. The lowest BCUT2D eigenvalue weighted by molar-refractivity contribution is 1.11. The molecule has 0 saturated carbocycles. The average Bonchev–Trinajstić information content (AvgIpc) is 2.42. The molecule has 0 aliphatic heterocycles. The van der Waals surface area contributed by atoms with E-state index in [0.717, 1.165) is 6.21 Å². The number of hydrogen-bond acceptors (Lipinski definition) is 5. The molecule has 0 fully saturated rings. The number of nitrogens with one attached hydrogen (secondary N) is 4. The third-order valence-electron chi connectivity index (χ3n) is 2.52. The van der Waals surface area contributed by atoms with Crippen molar-refractivity contribution in [2.24, 2.45) is 0 Å². The molecule has 8 heteroatoms. The Bertz CT molecular complexity index is 713. The molecule has 0 radical (unpaired) electrons. The van der Waals surface area contributed by atoms with Gasteiger partial charge in [0, 0.05) is 18.9 Å². The summed E-state index contributed by atoms with van der Waals surface area (Å²) in [6, 6.07) is 4.94. The van der Waals surface area contributed by atoms with E-state index in [1.165, 1.54) is 0 Å². The van der Waals surface area contributed by atoms with Crippen molar-refractivity contribution in [3.63, 3.8) is 0 Å². The van der Waals surface area contributed by atoms with Gasteiger partial charge in [0.2, 0.25) is 5.95 Å². The maximum Gasteiger partial charge on any atom is 0.276 e. The summed E-state index contributed by atoms with van der Waals surface area (Å²) in [6.07, 6.45) is 1.00. The standard InChI is InChI=1S/C12H11Cl2N5O/c1-16-10-9(5-15)18-12(19-11(10)20)17-6-2-3-7(13)8(14)4-6/h2-5,15-16H,1H3,(H2,17,18,19,20). The quantitative estimate of drug-likeness (QED) is 0.653. The van der Waals surface area contributed by atoms with Crippen molar-refractivity contribution in [3.05, 3.63) is 44.3 Å². The van der Waals surface area contributed by atoms with Crippen LogP contribution in [-0.2, 0) is 0 Å². The van der Waals surface area contributed by atoms with E-state index in [2.05, 4.69) is 20.6 Å². The highest BCUT2D eigenvalue weighted by atomic mass is 35.5. The second-order valence-electron chi connectivity index (χ2n) is 3.82. The van der Waals surface area contributed by atoms with E-state index in [9.17, 15) is 4.79 Å². The van der Waals surface area contributed by atoms with Gasteiger partial charge in [0.05, 0.1) is 10.0 Å². The maximum atomic E-state index is 11.8. The SMILES string of the molecule is CNc1c(C=N)nc(Nc2ccc(Cl)c(Cl)c2)[nH]c1=O. The lowest BCUT2D eigenvalue weighted by Gasteiger charge is -2.09. The van der Waals surface area contributed by atoms with Crippen LogP contribution in [0, 0.1) is 5.41 Å². The van der Waals surface area contributed by atoms with E-state index >= 15 is 0 Å². The van der Waals surface area contributed by atoms with Gasteiger partial charge in [-0.2, -0.15) is 0 Å². The zero-order valence-electron chi connectivity index (χ0n) is 10.4. The fourth-order valence-electron chi connectivity index (χ4n) is 1.61. The molecule has 0 unspecified atom stereocenters. The Labute approximate surface area is 124 Å². The smallest absolute Gasteiger partial charge is 0.276 e.